The molecule has 0 atom stereocenters. The number of carbonyl (C=O) groups is 1. The number of nitrogens with one attached hydrogen (secondary N) is 1. The van der Waals surface area contributed by atoms with Gasteiger partial charge in [-0.05, 0) is 49.1 Å². The minimum Gasteiger partial charge on any atom is -0.492 e. The third kappa shape index (κ3) is 5.86. The van der Waals surface area contributed by atoms with Gasteiger partial charge in [-0.2, -0.15) is 10.2 Å². The molecule has 5 rings (SSSR count). The Morgan fingerprint density at radius 1 is 1.20 bits per heavy atom. The summed E-state index contributed by atoms with van der Waals surface area (Å²) in [7, 11) is 0. The number of hydrogen-bond acceptors (Lipinski definition) is 7. The van der Waals surface area contributed by atoms with Crippen LogP contribution in [0.25, 0.3) is 11.3 Å². The number of benzene rings is 1. The Hall–Kier alpha value is -3.30. The van der Waals surface area contributed by atoms with Crippen LogP contribution in [0.3, 0.4) is 0 Å². The van der Waals surface area contributed by atoms with E-state index in [1.54, 1.807) is 18.2 Å². The van der Waals surface area contributed by atoms with E-state index in [1.165, 1.54) is 31.3 Å². The fourth-order valence-corrected chi connectivity index (χ4v) is 4.08. The zero-order valence-electron chi connectivity index (χ0n) is 19.0. The smallest absolute Gasteiger partial charge is 0.253 e. The Bertz CT molecular complexity index is 1220. The summed E-state index contributed by atoms with van der Waals surface area (Å²) in [6.07, 6.45) is 4.97. The van der Waals surface area contributed by atoms with Crippen LogP contribution in [0, 0.1) is 11.7 Å². The molecule has 1 aromatic carbocycles. The van der Waals surface area contributed by atoms with Crippen LogP contribution in [0.2, 0.25) is 5.02 Å². The number of carbonyl (C=O) groups excluding carboxylic acids is 1. The molecule has 1 saturated heterocycles. The van der Waals surface area contributed by atoms with Gasteiger partial charge in [0.2, 0.25) is 0 Å². The Morgan fingerprint density at radius 3 is 2.80 bits per heavy atom. The molecule has 3 aromatic rings. The zero-order chi connectivity index (χ0) is 24.2. The van der Waals surface area contributed by atoms with Gasteiger partial charge < -0.3 is 19.7 Å². The molecule has 1 aliphatic carbocycles. The van der Waals surface area contributed by atoms with E-state index >= 15 is 0 Å². The highest BCUT2D eigenvalue weighted by molar-refractivity contribution is 6.32. The van der Waals surface area contributed by atoms with E-state index in [9.17, 15) is 9.18 Å². The van der Waals surface area contributed by atoms with E-state index in [2.05, 4.69) is 20.5 Å². The average molecular weight is 498 g/mol. The fraction of sp³-hybridized carbons (Fsp3) is 0.360. The van der Waals surface area contributed by atoms with Crippen LogP contribution in [0.15, 0.2) is 42.7 Å². The van der Waals surface area contributed by atoms with Crippen molar-refractivity contribution in [2.24, 2.45) is 5.92 Å². The number of hydrogen-bond donors (Lipinski definition) is 1. The Labute approximate surface area is 207 Å². The molecule has 2 aromatic heterocycles. The first-order valence-corrected chi connectivity index (χ1v) is 12.0. The van der Waals surface area contributed by atoms with Gasteiger partial charge in [0.1, 0.15) is 17.4 Å². The summed E-state index contributed by atoms with van der Waals surface area (Å²) >= 11 is 6.39. The number of ether oxygens (including phenoxy) is 2. The molecule has 1 saturated carbocycles. The van der Waals surface area contributed by atoms with E-state index in [4.69, 9.17) is 21.1 Å². The lowest BCUT2D eigenvalue weighted by Gasteiger charge is -2.29. The van der Waals surface area contributed by atoms with E-state index in [0.717, 1.165) is 5.56 Å². The first kappa shape index (κ1) is 23.4. The number of morpholine rings is 1. The first-order chi connectivity index (χ1) is 17.1. The molecule has 0 unspecified atom stereocenters. The molecule has 0 spiro atoms. The molecule has 1 amide bonds. The zero-order valence-corrected chi connectivity index (χ0v) is 19.8. The normalized spacial score (nSPS) is 15.7. The van der Waals surface area contributed by atoms with E-state index in [-0.39, 0.29) is 12.5 Å². The van der Waals surface area contributed by atoms with E-state index in [1.807, 2.05) is 11.0 Å². The van der Waals surface area contributed by atoms with Crippen molar-refractivity contribution in [3.05, 3.63) is 64.7 Å². The molecule has 0 bridgehead atoms. The highest BCUT2D eigenvalue weighted by Gasteiger charge is 2.22. The molecule has 2 fully saturated rings. The van der Waals surface area contributed by atoms with Crippen LogP contribution in [0.4, 0.5) is 10.2 Å². The van der Waals surface area contributed by atoms with Gasteiger partial charge in [-0.3, -0.25) is 4.79 Å². The van der Waals surface area contributed by atoms with Gasteiger partial charge in [0.25, 0.3) is 5.91 Å². The van der Waals surface area contributed by atoms with Crippen molar-refractivity contribution in [1.29, 1.82) is 0 Å². The molecular weight excluding hydrogens is 473 g/mol. The number of anilines is 1. The van der Waals surface area contributed by atoms with Crippen molar-refractivity contribution in [2.75, 3.05) is 37.8 Å². The van der Waals surface area contributed by atoms with Gasteiger partial charge >= 0.3 is 0 Å². The van der Waals surface area contributed by atoms with Crippen molar-refractivity contribution in [3.8, 4) is 17.0 Å². The average Bonchev–Trinajstić information content (AvgIpc) is 3.72. The summed E-state index contributed by atoms with van der Waals surface area (Å²) in [4.78, 5) is 19.2. The Morgan fingerprint density at radius 2 is 2.03 bits per heavy atom. The number of nitrogens with zero attached hydrogens (tertiary/aromatic N) is 4. The summed E-state index contributed by atoms with van der Waals surface area (Å²) in [5, 5.41) is 11.4. The first-order valence-electron chi connectivity index (χ1n) is 11.6. The van der Waals surface area contributed by atoms with E-state index < -0.39 is 5.82 Å². The van der Waals surface area contributed by atoms with Gasteiger partial charge in [-0.1, -0.05) is 11.6 Å². The third-order valence-corrected chi connectivity index (χ3v) is 6.27. The maximum atomic E-state index is 13.9. The van der Waals surface area contributed by atoms with Crippen LogP contribution in [0.5, 0.6) is 5.75 Å². The monoisotopic (exact) mass is 497 g/mol. The van der Waals surface area contributed by atoms with Crippen LogP contribution < -0.4 is 15.0 Å². The molecule has 35 heavy (non-hydrogen) atoms. The highest BCUT2D eigenvalue weighted by Crippen LogP contribution is 2.33. The van der Waals surface area contributed by atoms with Gasteiger partial charge in [0.15, 0.2) is 0 Å². The number of aromatic nitrogens is 3. The molecule has 3 heterocycles. The molecule has 1 N–H and O–H groups in total. The van der Waals surface area contributed by atoms with Crippen molar-refractivity contribution >= 4 is 23.3 Å². The molecule has 1 aliphatic heterocycles. The fourth-order valence-electron chi connectivity index (χ4n) is 3.84. The Kier molecular flexibility index (Phi) is 7.06. The molecule has 182 valence electrons. The lowest BCUT2D eigenvalue weighted by molar-refractivity contribution is 0.0950. The minimum atomic E-state index is -0.458. The predicted molar refractivity (Wildman–Crippen MR) is 129 cm³/mol. The lowest BCUT2D eigenvalue weighted by atomic mass is 10.1. The van der Waals surface area contributed by atoms with Crippen LogP contribution in [-0.4, -0.2) is 54.0 Å². The minimum absolute atomic E-state index is 0.118. The maximum absolute atomic E-state index is 13.9. The summed E-state index contributed by atoms with van der Waals surface area (Å²) in [5.74, 6) is 1.08. The van der Waals surface area contributed by atoms with E-state index in [0.29, 0.717) is 72.2 Å². The van der Waals surface area contributed by atoms with Crippen LogP contribution in [-0.2, 0) is 11.3 Å². The topological polar surface area (TPSA) is 89.5 Å². The lowest BCUT2D eigenvalue weighted by Crippen LogP contribution is -2.38. The van der Waals surface area contributed by atoms with Crippen LogP contribution >= 0.6 is 11.6 Å². The summed E-state index contributed by atoms with van der Waals surface area (Å²) in [5.41, 5.74) is 2.16. The van der Waals surface area contributed by atoms with Gasteiger partial charge in [0, 0.05) is 30.8 Å². The second kappa shape index (κ2) is 10.5. The molecule has 8 nitrogen and oxygen atoms in total. The van der Waals surface area contributed by atoms with Crippen molar-refractivity contribution in [3.63, 3.8) is 0 Å². The predicted octanol–water partition coefficient (Wildman–Crippen LogP) is 3.89. The number of halogens is 2. The number of pyridine rings is 1. The summed E-state index contributed by atoms with van der Waals surface area (Å²) in [6, 6.07) is 8.43. The third-order valence-electron chi connectivity index (χ3n) is 5.98. The van der Waals surface area contributed by atoms with Crippen molar-refractivity contribution < 1.29 is 18.7 Å². The Balaban J connectivity index is 1.27. The van der Waals surface area contributed by atoms with Gasteiger partial charge in [-0.15, -0.1) is 0 Å². The molecule has 2 aliphatic rings. The summed E-state index contributed by atoms with van der Waals surface area (Å²) < 4.78 is 25.1. The molecular formula is C25H25ClFN5O3. The largest absolute Gasteiger partial charge is 0.492 e. The molecule has 10 heteroatoms. The quantitative estimate of drug-likeness (QED) is 0.505. The number of amides is 1. The van der Waals surface area contributed by atoms with Gasteiger partial charge in [-0.25, -0.2) is 9.37 Å². The summed E-state index contributed by atoms with van der Waals surface area (Å²) in [6.45, 7) is 3.26. The van der Waals surface area contributed by atoms with Crippen LogP contribution in [0.1, 0.15) is 28.8 Å². The SMILES string of the molecule is O=C(NCc1cc(F)cnc1N1CCOCC1)c1cnnc(-c2ccc(OCC3CC3)c(Cl)c2)c1. The maximum Gasteiger partial charge on any atom is 0.253 e. The van der Waals surface area contributed by atoms with Gasteiger partial charge in [0.05, 0.1) is 48.5 Å². The number of rotatable bonds is 8. The van der Waals surface area contributed by atoms with Crippen molar-refractivity contribution in [2.45, 2.75) is 19.4 Å². The molecule has 0 radical (unpaired) electrons. The van der Waals surface area contributed by atoms with Crippen molar-refractivity contribution in [1.82, 2.24) is 20.5 Å². The standard InChI is InChI=1S/C25H25ClFN5O3/c26-21-10-17(3-4-23(21)35-15-16-1-2-16)22-11-19(13-30-31-22)25(33)29-12-18-9-20(27)14-28-24(18)32-5-7-34-8-6-32/h3-4,9-11,13-14,16H,1-2,5-8,12,15H2,(H,29,33). The highest BCUT2D eigenvalue weighted by atomic mass is 35.5. The second-order valence-corrected chi connectivity index (χ2v) is 9.05. The second-order valence-electron chi connectivity index (χ2n) is 8.65.